The van der Waals surface area contributed by atoms with E-state index in [4.69, 9.17) is 0 Å². The Kier molecular flexibility index (Phi) is 7.71. The summed E-state index contributed by atoms with van der Waals surface area (Å²) >= 11 is 2.51. The molecule has 1 nitrogen and oxygen atoms in total. The third-order valence-electron chi connectivity index (χ3n) is 3.31. The van der Waals surface area contributed by atoms with Crippen molar-refractivity contribution in [3.05, 3.63) is 29.3 Å². The van der Waals surface area contributed by atoms with Crippen molar-refractivity contribution in [3.8, 4) is 5.75 Å². The van der Waals surface area contributed by atoms with Gasteiger partial charge >= 0.3 is 0 Å². The molecule has 102 valence electrons. The molecule has 0 aliphatic rings. The minimum atomic E-state index is 0.468. The average Bonchev–Trinajstić information content (AvgIpc) is 2.37. The number of rotatable bonds is 8. The summed E-state index contributed by atoms with van der Waals surface area (Å²) in [6, 6.07) is 6.14. The molecule has 2 heteroatoms. The number of unbranched alkanes of at least 4 members (excludes halogenated alkanes) is 3. The van der Waals surface area contributed by atoms with Gasteiger partial charge in [-0.1, -0.05) is 74.3 Å². The quantitative estimate of drug-likeness (QED) is 0.353. The molecule has 0 amide bonds. The van der Waals surface area contributed by atoms with Crippen LogP contribution in [0.25, 0.3) is 0 Å². The van der Waals surface area contributed by atoms with E-state index in [-0.39, 0.29) is 0 Å². The second-order valence-corrected chi connectivity index (χ2v) is 6.46. The van der Waals surface area contributed by atoms with E-state index < -0.39 is 0 Å². The number of aryl methyl sites for hydroxylation is 1. The highest BCUT2D eigenvalue weighted by Gasteiger charge is 2.09. The number of phenolic OH excluding ortho intramolecular Hbond substituents is 1. The Morgan fingerprint density at radius 2 is 1.89 bits per heavy atom. The summed E-state index contributed by atoms with van der Waals surface area (Å²) in [6.45, 7) is 4.45. The number of phenols is 1. The SMILES string of the molecule is CCCCCCc1cc(C(I)CCC)ccc1O. The lowest BCUT2D eigenvalue weighted by atomic mass is 10.0. The fourth-order valence-corrected chi connectivity index (χ4v) is 3.17. The van der Waals surface area contributed by atoms with Gasteiger partial charge in [0.1, 0.15) is 5.75 Å². The summed E-state index contributed by atoms with van der Waals surface area (Å²) in [6.07, 6.45) is 8.44. The predicted molar refractivity (Wildman–Crippen MR) is 87.6 cm³/mol. The number of hydrogen-bond acceptors (Lipinski definition) is 1. The van der Waals surface area contributed by atoms with Crippen molar-refractivity contribution < 1.29 is 5.11 Å². The highest BCUT2D eigenvalue weighted by Crippen LogP contribution is 2.31. The van der Waals surface area contributed by atoms with Crippen molar-refractivity contribution in [1.29, 1.82) is 0 Å². The second-order valence-electron chi connectivity index (χ2n) is 4.96. The third-order valence-corrected chi connectivity index (χ3v) is 4.65. The van der Waals surface area contributed by atoms with Crippen LogP contribution in [0.15, 0.2) is 18.2 Å². The fourth-order valence-electron chi connectivity index (χ4n) is 2.16. The highest BCUT2D eigenvalue weighted by molar-refractivity contribution is 14.1. The van der Waals surface area contributed by atoms with E-state index in [2.05, 4.69) is 48.6 Å². The van der Waals surface area contributed by atoms with E-state index in [0.29, 0.717) is 9.67 Å². The molecule has 0 fully saturated rings. The van der Waals surface area contributed by atoms with Gasteiger partial charge in [0, 0.05) is 3.92 Å². The molecule has 1 rings (SSSR count). The molecule has 1 aromatic carbocycles. The lowest BCUT2D eigenvalue weighted by Crippen LogP contribution is -1.93. The Bertz CT molecular complexity index is 349. The third kappa shape index (κ3) is 5.17. The van der Waals surface area contributed by atoms with Crippen LogP contribution in [0.4, 0.5) is 0 Å². The first-order valence-corrected chi connectivity index (χ1v) is 8.39. The molecular weight excluding hydrogens is 335 g/mol. The van der Waals surface area contributed by atoms with Gasteiger partial charge in [-0.2, -0.15) is 0 Å². The smallest absolute Gasteiger partial charge is 0.118 e. The molecule has 1 atom stereocenters. The number of hydrogen-bond donors (Lipinski definition) is 1. The van der Waals surface area contributed by atoms with Crippen molar-refractivity contribution in [3.63, 3.8) is 0 Å². The Morgan fingerprint density at radius 3 is 2.56 bits per heavy atom. The summed E-state index contributed by atoms with van der Waals surface area (Å²) in [5.74, 6) is 0.468. The molecule has 0 bridgehead atoms. The molecule has 0 radical (unpaired) electrons. The van der Waals surface area contributed by atoms with E-state index in [0.717, 1.165) is 12.0 Å². The lowest BCUT2D eigenvalue weighted by Gasteiger charge is -2.12. The van der Waals surface area contributed by atoms with Crippen molar-refractivity contribution in [2.75, 3.05) is 0 Å². The van der Waals surface area contributed by atoms with Crippen LogP contribution in [-0.4, -0.2) is 5.11 Å². The lowest BCUT2D eigenvalue weighted by molar-refractivity contribution is 0.466. The van der Waals surface area contributed by atoms with Gasteiger partial charge in [-0.05, 0) is 36.5 Å². The maximum absolute atomic E-state index is 9.90. The molecule has 0 heterocycles. The van der Waals surface area contributed by atoms with Crippen LogP contribution in [0, 0.1) is 0 Å². The van der Waals surface area contributed by atoms with Crippen LogP contribution in [-0.2, 0) is 6.42 Å². The van der Waals surface area contributed by atoms with E-state index in [9.17, 15) is 5.11 Å². The summed E-state index contributed by atoms with van der Waals surface area (Å²) in [4.78, 5) is 0. The molecule has 0 aliphatic heterocycles. The standard InChI is InChI=1S/C16H25IO/c1-3-5-6-7-9-14-12-13(10-11-16(14)18)15(17)8-4-2/h10-12,15,18H,3-9H2,1-2H3. The van der Waals surface area contributed by atoms with E-state index in [1.807, 2.05) is 6.07 Å². The maximum atomic E-state index is 9.90. The normalized spacial score (nSPS) is 12.6. The summed E-state index contributed by atoms with van der Waals surface area (Å²) in [7, 11) is 0. The molecule has 1 aromatic rings. The molecule has 1 unspecified atom stereocenters. The van der Waals surface area contributed by atoms with Crippen LogP contribution in [0.3, 0.4) is 0 Å². The van der Waals surface area contributed by atoms with Crippen LogP contribution >= 0.6 is 22.6 Å². The molecule has 1 N–H and O–H groups in total. The molecule has 0 aliphatic carbocycles. The first kappa shape index (κ1) is 15.8. The monoisotopic (exact) mass is 360 g/mol. The largest absolute Gasteiger partial charge is 0.508 e. The second kappa shape index (κ2) is 8.78. The van der Waals surface area contributed by atoms with Gasteiger partial charge in [-0.25, -0.2) is 0 Å². The Morgan fingerprint density at radius 1 is 1.11 bits per heavy atom. The van der Waals surface area contributed by atoms with Crippen LogP contribution in [0.5, 0.6) is 5.75 Å². The average molecular weight is 360 g/mol. The Balaban J connectivity index is 2.63. The van der Waals surface area contributed by atoms with Crippen LogP contribution in [0.2, 0.25) is 0 Å². The van der Waals surface area contributed by atoms with Gasteiger partial charge in [0.25, 0.3) is 0 Å². The predicted octanol–water partition coefficient (Wildman–Crippen LogP) is 5.79. The fraction of sp³-hybridized carbons (Fsp3) is 0.625. The number of halogens is 1. The molecule has 0 aromatic heterocycles. The van der Waals surface area contributed by atoms with Crippen molar-refractivity contribution in [2.24, 2.45) is 0 Å². The molecular formula is C16H25IO. The highest BCUT2D eigenvalue weighted by atomic mass is 127. The summed E-state index contributed by atoms with van der Waals surface area (Å²) in [5, 5.41) is 9.90. The summed E-state index contributed by atoms with van der Waals surface area (Å²) in [5.41, 5.74) is 2.49. The molecule has 0 spiro atoms. The van der Waals surface area contributed by atoms with E-state index in [1.165, 1.54) is 44.1 Å². The maximum Gasteiger partial charge on any atom is 0.118 e. The minimum absolute atomic E-state index is 0.468. The zero-order valence-corrected chi connectivity index (χ0v) is 13.7. The zero-order valence-electron chi connectivity index (χ0n) is 11.6. The Labute approximate surface area is 125 Å². The number of alkyl halides is 1. The number of aromatic hydroxyl groups is 1. The van der Waals surface area contributed by atoms with Crippen molar-refractivity contribution in [1.82, 2.24) is 0 Å². The zero-order chi connectivity index (χ0) is 13.4. The molecule has 0 saturated heterocycles. The van der Waals surface area contributed by atoms with Gasteiger partial charge in [0.2, 0.25) is 0 Å². The van der Waals surface area contributed by atoms with Crippen LogP contribution < -0.4 is 0 Å². The topological polar surface area (TPSA) is 20.2 Å². The minimum Gasteiger partial charge on any atom is -0.508 e. The van der Waals surface area contributed by atoms with E-state index in [1.54, 1.807) is 0 Å². The van der Waals surface area contributed by atoms with Gasteiger partial charge < -0.3 is 5.11 Å². The van der Waals surface area contributed by atoms with Gasteiger partial charge in [-0.15, -0.1) is 0 Å². The van der Waals surface area contributed by atoms with E-state index >= 15 is 0 Å². The first-order valence-electron chi connectivity index (χ1n) is 7.14. The molecule has 0 saturated carbocycles. The Hall–Kier alpha value is -0.250. The number of benzene rings is 1. The van der Waals surface area contributed by atoms with Gasteiger partial charge in [-0.3, -0.25) is 0 Å². The van der Waals surface area contributed by atoms with Crippen molar-refractivity contribution in [2.45, 2.75) is 62.7 Å². The summed E-state index contributed by atoms with van der Waals surface area (Å²) < 4.78 is 0.572. The molecule has 18 heavy (non-hydrogen) atoms. The first-order chi connectivity index (χ1) is 8.69. The van der Waals surface area contributed by atoms with Gasteiger partial charge in [0.05, 0.1) is 0 Å². The van der Waals surface area contributed by atoms with Gasteiger partial charge in [0.15, 0.2) is 0 Å². The van der Waals surface area contributed by atoms with Crippen LogP contribution in [0.1, 0.15) is 67.4 Å². The van der Waals surface area contributed by atoms with Crippen molar-refractivity contribution >= 4 is 22.6 Å².